The van der Waals surface area contributed by atoms with Crippen molar-refractivity contribution in [3.63, 3.8) is 0 Å². The van der Waals surface area contributed by atoms with E-state index in [2.05, 4.69) is 13.8 Å². The average molecular weight is 325 g/mol. The van der Waals surface area contributed by atoms with Crippen LogP contribution in [0, 0.1) is 0 Å². The van der Waals surface area contributed by atoms with Gasteiger partial charge in [0.25, 0.3) is 0 Å². The fourth-order valence-corrected chi connectivity index (χ4v) is 16.3. The molecule has 0 unspecified atom stereocenters. The first-order valence-corrected chi connectivity index (χ1v) is 13.1. The zero-order valence-corrected chi connectivity index (χ0v) is 16.4. The van der Waals surface area contributed by atoms with Crippen molar-refractivity contribution in [1.29, 1.82) is 0 Å². The summed E-state index contributed by atoms with van der Waals surface area (Å²) >= 11 is 0. The van der Waals surface area contributed by atoms with E-state index in [0.29, 0.717) is 0 Å². The van der Waals surface area contributed by atoms with Gasteiger partial charge in [-0.25, -0.2) is 0 Å². The zero-order valence-electron chi connectivity index (χ0n) is 15.4. The molecule has 0 amide bonds. The van der Waals surface area contributed by atoms with Crippen molar-refractivity contribution in [2.75, 3.05) is 0 Å². The van der Waals surface area contributed by atoms with Gasteiger partial charge in [0.15, 0.2) is 0 Å². The Morgan fingerprint density at radius 1 is 0.500 bits per heavy atom. The normalized spacial score (nSPS) is 28.1. The minimum atomic E-state index is -1.17. The Labute approximate surface area is 140 Å². The second-order valence-electron chi connectivity index (χ2n) is 9.16. The Morgan fingerprint density at radius 3 is 1.00 bits per heavy atom. The van der Waals surface area contributed by atoms with Crippen LogP contribution in [0.4, 0.5) is 0 Å². The molecule has 0 bridgehead atoms. The molecule has 0 aromatic heterocycles. The summed E-state index contributed by atoms with van der Waals surface area (Å²) < 4.78 is 0. The quantitative estimate of drug-likeness (QED) is 0.482. The molecule has 22 heavy (non-hydrogen) atoms. The van der Waals surface area contributed by atoms with Gasteiger partial charge in [-0.2, -0.15) is 0 Å². The number of hydrogen-bond acceptors (Lipinski definition) is 0. The Kier molecular flexibility index (Phi) is 6.28. The molecule has 3 aliphatic carbocycles. The van der Waals surface area contributed by atoms with Crippen LogP contribution in [0.2, 0.25) is 0 Å². The first-order valence-electron chi connectivity index (χ1n) is 10.8. The fraction of sp³-hybridized carbons (Fsp3) is 1.00. The molecule has 0 nitrogen and oxygen atoms in total. The Bertz CT molecular complexity index is 271. The summed E-state index contributed by atoms with van der Waals surface area (Å²) in [7, 11) is -1.17. The fourth-order valence-electron chi connectivity index (χ4n) is 7.22. The summed E-state index contributed by atoms with van der Waals surface area (Å²) in [6, 6.07) is 0. The predicted octanol–water partition coefficient (Wildman–Crippen LogP) is 7.14. The van der Waals surface area contributed by atoms with Crippen molar-refractivity contribution in [2.24, 2.45) is 0 Å². The van der Waals surface area contributed by atoms with Crippen LogP contribution in [0.3, 0.4) is 0 Å². The van der Waals surface area contributed by atoms with Crippen molar-refractivity contribution in [3.8, 4) is 0 Å². The average Bonchev–Trinajstić information content (AvgIpc) is 2.58. The number of rotatable bonds is 4. The number of hydrogen-bond donors (Lipinski definition) is 0. The van der Waals surface area contributed by atoms with Crippen LogP contribution in [0.25, 0.3) is 0 Å². The molecule has 3 fully saturated rings. The molecular formula is C21H41P. The van der Waals surface area contributed by atoms with Crippen LogP contribution < -0.4 is 0 Å². The molecule has 0 saturated heterocycles. The molecule has 0 aromatic rings. The topological polar surface area (TPSA) is 0 Å². The first kappa shape index (κ1) is 17.3. The Hall–Kier alpha value is 0.430. The summed E-state index contributed by atoms with van der Waals surface area (Å²) in [6.07, 6.45) is 23.7. The maximum absolute atomic E-state index is 2.67. The van der Waals surface area contributed by atoms with Gasteiger partial charge in [0, 0.05) is 0 Å². The van der Waals surface area contributed by atoms with E-state index >= 15 is 0 Å². The second-order valence-corrected chi connectivity index (χ2v) is 14.8. The van der Waals surface area contributed by atoms with Gasteiger partial charge in [-0.1, -0.05) is 0 Å². The molecule has 3 saturated carbocycles. The van der Waals surface area contributed by atoms with Crippen LogP contribution in [0.15, 0.2) is 0 Å². The van der Waals surface area contributed by atoms with Crippen LogP contribution in [-0.2, 0) is 0 Å². The van der Waals surface area contributed by atoms with E-state index in [-0.39, 0.29) is 0 Å². The zero-order chi connectivity index (χ0) is 15.4. The molecule has 3 rings (SSSR count). The maximum atomic E-state index is 2.67. The van der Waals surface area contributed by atoms with E-state index in [1.807, 2.05) is 0 Å². The van der Waals surface area contributed by atoms with Crippen molar-refractivity contribution in [1.82, 2.24) is 0 Å². The summed E-state index contributed by atoms with van der Waals surface area (Å²) in [4.78, 5) is 0. The van der Waals surface area contributed by atoms with Crippen molar-refractivity contribution in [2.45, 2.75) is 133 Å². The van der Waals surface area contributed by atoms with Crippen molar-refractivity contribution in [3.05, 3.63) is 0 Å². The third kappa shape index (κ3) is 3.29. The van der Waals surface area contributed by atoms with Gasteiger partial charge >= 0.3 is 140 Å². The summed E-state index contributed by atoms with van der Waals surface area (Å²) in [5, 5.41) is 0. The van der Waals surface area contributed by atoms with Gasteiger partial charge < -0.3 is 0 Å². The second kappa shape index (κ2) is 8.00. The molecular weight excluding hydrogens is 283 g/mol. The van der Waals surface area contributed by atoms with Gasteiger partial charge in [0.2, 0.25) is 0 Å². The van der Waals surface area contributed by atoms with Gasteiger partial charge in [0.1, 0.15) is 0 Å². The molecule has 1 heteroatoms. The van der Waals surface area contributed by atoms with E-state index in [0.717, 1.165) is 5.66 Å². The molecule has 0 atom stereocenters. The third-order valence-electron chi connectivity index (χ3n) is 7.94. The Morgan fingerprint density at radius 2 is 0.773 bits per heavy atom. The first-order chi connectivity index (χ1) is 10.8. The molecule has 0 aliphatic heterocycles. The van der Waals surface area contributed by atoms with E-state index in [1.165, 1.54) is 36.2 Å². The summed E-state index contributed by atoms with van der Waals surface area (Å²) in [6.45, 7) is 5.34. The molecule has 0 heterocycles. The van der Waals surface area contributed by atoms with Gasteiger partial charge in [-0.05, 0) is 0 Å². The van der Waals surface area contributed by atoms with Gasteiger partial charge in [-0.15, -0.1) is 0 Å². The van der Waals surface area contributed by atoms with Gasteiger partial charge in [0.05, 0.1) is 0 Å². The van der Waals surface area contributed by atoms with E-state index < -0.39 is 7.26 Å². The van der Waals surface area contributed by atoms with E-state index in [4.69, 9.17) is 0 Å². The van der Waals surface area contributed by atoms with Crippen LogP contribution in [0.5, 0.6) is 0 Å². The third-order valence-corrected chi connectivity index (χ3v) is 15.9. The molecule has 0 aromatic carbocycles. The molecule has 0 N–H and O–H groups in total. The van der Waals surface area contributed by atoms with Crippen LogP contribution >= 0.6 is 7.26 Å². The van der Waals surface area contributed by atoms with E-state index in [1.54, 1.807) is 77.0 Å². The van der Waals surface area contributed by atoms with E-state index in [9.17, 15) is 0 Å². The van der Waals surface area contributed by atoms with Crippen molar-refractivity contribution < 1.29 is 0 Å². The molecule has 130 valence electrons. The molecule has 3 aliphatic rings. The molecule has 0 radical (unpaired) electrons. The van der Waals surface area contributed by atoms with Crippen molar-refractivity contribution >= 4 is 7.26 Å². The van der Waals surface area contributed by atoms with Crippen LogP contribution in [0.1, 0.15) is 110 Å². The summed E-state index contributed by atoms with van der Waals surface area (Å²) in [5.41, 5.74) is 4.65. The standard InChI is InChI=1S/C21H41P/c1-18(2)22(19-12-6-3-7-13-19,20-14-8-4-9-15-20)21-16-10-5-11-17-21/h18-22H,3-17H2,1-2H3. The summed E-state index contributed by atoms with van der Waals surface area (Å²) in [5.74, 6) is 0. The minimum absolute atomic E-state index is 1.04. The Balaban J connectivity index is 1.92. The van der Waals surface area contributed by atoms with Crippen LogP contribution in [-0.4, -0.2) is 22.6 Å². The van der Waals surface area contributed by atoms with Gasteiger partial charge in [-0.3, -0.25) is 0 Å². The SMILES string of the molecule is CC(C)[PH](C1CCCCC1)(C1CCCCC1)C1CCCCC1. The monoisotopic (exact) mass is 324 g/mol. The molecule has 0 spiro atoms. The predicted molar refractivity (Wildman–Crippen MR) is 104 cm³/mol.